The molecule has 1 aromatic carbocycles. The van der Waals surface area contributed by atoms with Crippen molar-refractivity contribution in [3.63, 3.8) is 0 Å². The van der Waals surface area contributed by atoms with Gasteiger partial charge in [-0.3, -0.25) is 4.98 Å². The highest BCUT2D eigenvalue weighted by molar-refractivity contribution is 5.83. The molecule has 2 aromatic heterocycles. The second-order valence-electron chi connectivity index (χ2n) is 7.68. The summed E-state index contributed by atoms with van der Waals surface area (Å²) in [6, 6.07) is 11.8. The molecule has 2 aliphatic rings. The third-order valence-electron chi connectivity index (χ3n) is 6.13. The van der Waals surface area contributed by atoms with E-state index in [0.717, 1.165) is 30.6 Å². The van der Waals surface area contributed by atoms with Gasteiger partial charge in [-0.05, 0) is 49.9 Å². The van der Waals surface area contributed by atoms with E-state index in [9.17, 15) is 0 Å². The molecule has 2 aliphatic heterocycles. The van der Waals surface area contributed by atoms with Crippen molar-refractivity contribution in [2.45, 2.75) is 37.8 Å². The first-order chi connectivity index (χ1) is 13.4. The van der Waals surface area contributed by atoms with Crippen LogP contribution in [0.5, 0.6) is 0 Å². The molecule has 140 valence electrons. The SMILES string of the molecule is c1cnc2ccc(-c3nccn3C3CCN(C4CCOCC4)CC3)cc2c1. The van der Waals surface area contributed by atoms with Crippen molar-refractivity contribution in [3.05, 3.63) is 48.9 Å². The first kappa shape index (κ1) is 16.9. The number of imidazole rings is 1. The molecule has 0 radical (unpaired) electrons. The molecule has 27 heavy (non-hydrogen) atoms. The van der Waals surface area contributed by atoms with Gasteiger partial charge < -0.3 is 14.2 Å². The predicted molar refractivity (Wildman–Crippen MR) is 107 cm³/mol. The Labute approximate surface area is 160 Å². The summed E-state index contributed by atoms with van der Waals surface area (Å²) in [6.45, 7) is 4.20. The smallest absolute Gasteiger partial charge is 0.140 e. The molecular weight excluding hydrogens is 336 g/mol. The quantitative estimate of drug-likeness (QED) is 0.708. The minimum atomic E-state index is 0.531. The fourth-order valence-electron chi connectivity index (χ4n) is 4.63. The largest absolute Gasteiger partial charge is 0.381 e. The number of benzene rings is 1. The Bertz CT molecular complexity index is 907. The van der Waals surface area contributed by atoms with Gasteiger partial charge in [0.1, 0.15) is 5.82 Å². The van der Waals surface area contributed by atoms with Crippen LogP contribution in [0.15, 0.2) is 48.9 Å². The summed E-state index contributed by atoms with van der Waals surface area (Å²) < 4.78 is 7.91. The molecule has 5 rings (SSSR count). The molecule has 0 N–H and O–H groups in total. The van der Waals surface area contributed by atoms with E-state index in [1.807, 2.05) is 18.5 Å². The number of aromatic nitrogens is 3. The third kappa shape index (κ3) is 3.37. The van der Waals surface area contributed by atoms with E-state index in [4.69, 9.17) is 4.74 Å². The van der Waals surface area contributed by atoms with E-state index in [2.05, 4.69) is 49.9 Å². The molecule has 5 nitrogen and oxygen atoms in total. The lowest BCUT2D eigenvalue weighted by atomic mass is 9.99. The van der Waals surface area contributed by atoms with Crippen LogP contribution in [0.3, 0.4) is 0 Å². The van der Waals surface area contributed by atoms with Crippen LogP contribution < -0.4 is 0 Å². The molecule has 0 unspecified atom stereocenters. The summed E-state index contributed by atoms with van der Waals surface area (Å²) in [4.78, 5) is 11.8. The van der Waals surface area contributed by atoms with E-state index >= 15 is 0 Å². The van der Waals surface area contributed by atoms with Crippen LogP contribution in [0.2, 0.25) is 0 Å². The van der Waals surface area contributed by atoms with Crippen molar-refractivity contribution in [2.75, 3.05) is 26.3 Å². The van der Waals surface area contributed by atoms with Gasteiger partial charge in [-0.15, -0.1) is 0 Å². The zero-order valence-electron chi connectivity index (χ0n) is 15.6. The first-order valence-electron chi connectivity index (χ1n) is 10.1. The van der Waals surface area contributed by atoms with Crippen LogP contribution in [-0.2, 0) is 4.74 Å². The molecule has 2 saturated heterocycles. The first-order valence-corrected chi connectivity index (χ1v) is 10.1. The lowest BCUT2D eigenvalue weighted by Gasteiger charge is -2.39. The molecular formula is C22H26N4O. The van der Waals surface area contributed by atoms with Crippen LogP contribution >= 0.6 is 0 Å². The van der Waals surface area contributed by atoms with Crippen molar-refractivity contribution in [2.24, 2.45) is 0 Å². The molecule has 0 amide bonds. The Morgan fingerprint density at radius 2 is 1.74 bits per heavy atom. The molecule has 3 aromatic rings. The molecule has 0 aliphatic carbocycles. The maximum Gasteiger partial charge on any atom is 0.140 e. The third-order valence-corrected chi connectivity index (χ3v) is 6.13. The molecule has 4 heterocycles. The molecule has 0 saturated carbocycles. The zero-order valence-corrected chi connectivity index (χ0v) is 15.6. The molecule has 0 spiro atoms. The van der Waals surface area contributed by atoms with Gasteiger partial charge in [-0.2, -0.15) is 0 Å². The number of hydrogen-bond acceptors (Lipinski definition) is 4. The Morgan fingerprint density at radius 1 is 0.889 bits per heavy atom. The summed E-state index contributed by atoms with van der Waals surface area (Å²) >= 11 is 0. The van der Waals surface area contributed by atoms with Gasteiger partial charge in [0.15, 0.2) is 0 Å². The maximum atomic E-state index is 5.52. The van der Waals surface area contributed by atoms with Crippen LogP contribution in [0.1, 0.15) is 31.7 Å². The van der Waals surface area contributed by atoms with Gasteiger partial charge >= 0.3 is 0 Å². The summed E-state index contributed by atoms with van der Waals surface area (Å²) in [5.74, 6) is 1.07. The minimum Gasteiger partial charge on any atom is -0.381 e. The normalized spacial score (nSPS) is 20.3. The van der Waals surface area contributed by atoms with Crippen molar-refractivity contribution >= 4 is 10.9 Å². The number of fused-ring (bicyclic) bond motifs is 1. The number of ether oxygens (including phenoxy) is 1. The average molecular weight is 362 g/mol. The van der Waals surface area contributed by atoms with Crippen LogP contribution in [0.25, 0.3) is 22.3 Å². The van der Waals surface area contributed by atoms with Crippen LogP contribution in [-0.4, -0.2) is 51.8 Å². The molecule has 0 atom stereocenters. The summed E-state index contributed by atoms with van der Waals surface area (Å²) in [6.07, 6.45) is 10.7. The van der Waals surface area contributed by atoms with Crippen molar-refractivity contribution in [3.8, 4) is 11.4 Å². The van der Waals surface area contributed by atoms with E-state index in [1.54, 1.807) is 0 Å². The second-order valence-corrected chi connectivity index (χ2v) is 7.68. The van der Waals surface area contributed by atoms with E-state index < -0.39 is 0 Å². The highest BCUT2D eigenvalue weighted by Gasteiger charge is 2.28. The van der Waals surface area contributed by atoms with Crippen molar-refractivity contribution in [1.29, 1.82) is 0 Å². The standard InChI is InChI=1S/C22H26N4O/c1-2-17-16-18(3-4-21(17)23-9-1)22-24-10-13-26(22)20-5-11-25(12-6-20)19-7-14-27-15-8-19/h1-4,9-10,13,16,19-20H,5-8,11-12,14-15H2. The van der Waals surface area contributed by atoms with E-state index in [0.29, 0.717) is 6.04 Å². The maximum absolute atomic E-state index is 5.52. The fourth-order valence-corrected chi connectivity index (χ4v) is 4.63. The van der Waals surface area contributed by atoms with E-state index in [-0.39, 0.29) is 0 Å². The van der Waals surface area contributed by atoms with Gasteiger partial charge in [0.25, 0.3) is 0 Å². The number of piperidine rings is 1. The number of nitrogens with zero attached hydrogens (tertiary/aromatic N) is 4. The Morgan fingerprint density at radius 3 is 2.59 bits per heavy atom. The Kier molecular flexibility index (Phi) is 4.64. The minimum absolute atomic E-state index is 0.531. The lowest BCUT2D eigenvalue weighted by molar-refractivity contribution is 0.0220. The van der Waals surface area contributed by atoms with Crippen LogP contribution in [0, 0.1) is 0 Å². The number of likely N-dealkylation sites (tertiary alicyclic amines) is 1. The summed E-state index contributed by atoms with van der Waals surface area (Å²) in [5, 5.41) is 1.17. The number of hydrogen-bond donors (Lipinski definition) is 0. The predicted octanol–water partition coefficient (Wildman–Crippen LogP) is 3.91. The highest BCUT2D eigenvalue weighted by Crippen LogP contribution is 2.31. The number of pyridine rings is 1. The Balaban J connectivity index is 1.34. The van der Waals surface area contributed by atoms with Gasteiger partial charge in [-0.1, -0.05) is 6.07 Å². The van der Waals surface area contributed by atoms with Crippen molar-refractivity contribution in [1.82, 2.24) is 19.4 Å². The van der Waals surface area contributed by atoms with Gasteiger partial charge in [-0.25, -0.2) is 4.98 Å². The van der Waals surface area contributed by atoms with E-state index in [1.165, 1.54) is 49.7 Å². The zero-order chi connectivity index (χ0) is 18.1. The van der Waals surface area contributed by atoms with Gasteiger partial charge in [0, 0.05) is 67.9 Å². The van der Waals surface area contributed by atoms with Crippen molar-refractivity contribution < 1.29 is 4.74 Å². The monoisotopic (exact) mass is 362 g/mol. The summed E-state index contributed by atoms with van der Waals surface area (Å²) in [5.41, 5.74) is 2.21. The van der Waals surface area contributed by atoms with Gasteiger partial charge in [0.05, 0.1) is 5.52 Å². The molecule has 5 heteroatoms. The number of rotatable bonds is 3. The fraction of sp³-hybridized carbons (Fsp3) is 0.455. The lowest BCUT2D eigenvalue weighted by Crippen LogP contribution is -2.44. The van der Waals surface area contributed by atoms with Gasteiger partial charge in [0.2, 0.25) is 0 Å². The Hall–Kier alpha value is -2.24. The molecule has 0 bridgehead atoms. The summed E-state index contributed by atoms with van der Waals surface area (Å²) in [7, 11) is 0. The highest BCUT2D eigenvalue weighted by atomic mass is 16.5. The topological polar surface area (TPSA) is 43.2 Å². The van der Waals surface area contributed by atoms with Crippen LogP contribution in [0.4, 0.5) is 0 Å². The molecule has 2 fully saturated rings. The average Bonchev–Trinajstić information content (AvgIpc) is 3.24. The second kappa shape index (κ2) is 7.41.